The van der Waals surface area contributed by atoms with E-state index >= 15 is 0 Å². The van der Waals surface area contributed by atoms with Gasteiger partial charge in [-0.1, -0.05) is 18.2 Å². The third-order valence-electron chi connectivity index (χ3n) is 3.53. The van der Waals surface area contributed by atoms with Crippen molar-refractivity contribution >= 4 is 23.2 Å². The molecule has 2 aromatic rings. The van der Waals surface area contributed by atoms with E-state index in [1.165, 1.54) is 16.7 Å². The van der Waals surface area contributed by atoms with Gasteiger partial charge in [0.05, 0.1) is 13.2 Å². The molecule has 1 heterocycles. The third-order valence-corrected chi connectivity index (χ3v) is 4.42. The van der Waals surface area contributed by atoms with Gasteiger partial charge in [0, 0.05) is 24.1 Å². The minimum atomic E-state index is -1.05. The van der Waals surface area contributed by atoms with Gasteiger partial charge in [0.1, 0.15) is 11.1 Å². The minimum absolute atomic E-state index is 0.0294. The maximum atomic E-state index is 12.1. The Morgan fingerprint density at radius 2 is 2.15 bits per heavy atom. The van der Waals surface area contributed by atoms with E-state index in [9.17, 15) is 9.59 Å². The molecule has 1 unspecified atom stereocenters. The van der Waals surface area contributed by atoms with E-state index < -0.39 is 12.1 Å². The monoisotopic (exact) mass is 378 g/mol. The fourth-order valence-corrected chi connectivity index (χ4v) is 2.95. The fourth-order valence-electron chi connectivity index (χ4n) is 2.16. The average Bonchev–Trinajstić information content (AvgIpc) is 3.14. The van der Waals surface area contributed by atoms with Crippen LogP contribution in [0.25, 0.3) is 10.6 Å². The van der Waals surface area contributed by atoms with E-state index in [4.69, 9.17) is 14.6 Å². The number of ether oxygens (including phenoxy) is 2. The molecule has 0 saturated heterocycles. The second-order valence-corrected chi connectivity index (χ2v) is 6.33. The van der Waals surface area contributed by atoms with Crippen LogP contribution >= 0.6 is 11.3 Å². The second-order valence-electron chi connectivity index (χ2n) is 5.47. The average molecular weight is 378 g/mol. The first-order valence-corrected chi connectivity index (χ1v) is 9.14. The van der Waals surface area contributed by atoms with Crippen LogP contribution in [-0.2, 0) is 20.8 Å². The number of thiazole rings is 1. The number of hydrogen-bond acceptors (Lipinski definition) is 6. The lowest BCUT2D eigenvalue weighted by Crippen LogP contribution is -2.34. The van der Waals surface area contributed by atoms with Crippen molar-refractivity contribution in [3.8, 4) is 10.6 Å². The standard InChI is InChI=1S/C18H22N2O5S/c1-3-24-7-8-25-12(2)16(21)19-10-13-5-4-6-14(9-13)17-20-15(11-26-17)18(22)23/h4-6,9,11-12H,3,7-8,10H2,1-2H3,(H,19,21)(H,22,23). The van der Waals surface area contributed by atoms with Crippen molar-refractivity contribution in [2.45, 2.75) is 26.5 Å². The van der Waals surface area contributed by atoms with Gasteiger partial charge in [0.25, 0.3) is 0 Å². The van der Waals surface area contributed by atoms with E-state index in [-0.39, 0.29) is 11.6 Å². The highest BCUT2D eigenvalue weighted by Gasteiger charge is 2.13. The zero-order valence-electron chi connectivity index (χ0n) is 14.7. The fraction of sp³-hybridized carbons (Fsp3) is 0.389. The van der Waals surface area contributed by atoms with Gasteiger partial charge >= 0.3 is 5.97 Å². The van der Waals surface area contributed by atoms with Crippen molar-refractivity contribution in [3.05, 3.63) is 40.9 Å². The molecule has 140 valence electrons. The molecule has 1 aromatic heterocycles. The first-order chi connectivity index (χ1) is 12.5. The molecule has 0 bridgehead atoms. The van der Waals surface area contributed by atoms with Gasteiger partial charge in [-0.2, -0.15) is 0 Å². The highest BCUT2D eigenvalue weighted by atomic mass is 32.1. The summed E-state index contributed by atoms with van der Waals surface area (Å²) in [4.78, 5) is 27.1. The molecule has 2 N–H and O–H groups in total. The molecule has 1 aromatic carbocycles. The molecule has 7 nitrogen and oxygen atoms in total. The van der Waals surface area contributed by atoms with Gasteiger partial charge in [-0.15, -0.1) is 11.3 Å². The van der Waals surface area contributed by atoms with Crippen molar-refractivity contribution in [1.82, 2.24) is 10.3 Å². The Labute approximate surface area is 156 Å². The van der Waals surface area contributed by atoms with E-state index in [0.717, 1.165) is 11.1 Å². The van der Waals surface area contributed by atoms with Crippen molar-refractivity contribution < 1.29 is 24.2 Å². The highest BCUT2D eigenvalue weighted by Crippen LogP contribution is 2.24. The van der Waals surface area contributed by atoms with Crippen LogP contribution in [-0.4, -0.2) is 47.9 Å². The summed E-state index contributed by atoms with van der Waals surface area (Å²) in [5.41, 5.74) is 1.74. The van der Waals surface area contributed by atoms with E-state index in [2.05, 4.69) is 10.3 Å². The summed E-state index contributed by atoms with van der Waals surface area (Å²) in [6.07, 6.45) is -0.560. The van der Waals surface area contributed by atoms with Crippen LogP contribution in [0.15, 0.2) is 29.6 Å². The number of rotatable bonds is 10. The molecule has 0 spiro atoms. The second kappa shape index (κ2) is 10.0. The predicted molar refractivity (Wildman–Crippen MR) is 98.3 cm³/mol. The summed E-state index contributed by atoms with van der Waals surface area (Å²) >= 11 is 1.27. The number of nitrogens with zero attached hydrogens (tertiary/aromatic N) is 1. The SMILES string of the molecule is CCOCCOC(C)C(=O)NCc1cccc(-c2nc(C(=O)O)cs2)c1. The number of nitrogens with one attached hydrogen (secondary N) is 1. The summed E-state index contributed by atoms with van der Waals surface area (Å²) in [7, 11) is 0. The Hall–Kier alpha value is -2.29. The number of benzene rings is 1. The molecule has 0 aliphatic heterocycles. The van der Waals surface area contributed by atoms with Crippen molar-refractivity contribution in [1.29, 1.82) is 0 Å². The Kier molecular flexibility index (Phi) is 7.71. The molecule has 1 atom stereocenters. The normalized spacial score (nSPS) is 11.9. The van der Waals surface area contributed by atoms with Gasteiger partial charge in [-0.25, -0.2) is 9.78 Å². The van der Waals surface area contributed by atoms with Gasteiger partial charge < -0.3 is 19.9 Å². The first kappa shape index (κ1) is 20.0. The summed E-state index contributed by atoms with van der Waals surface area (Å²) in [5.74, 6) is -1.25. The maximum absolute atomic E-state index is 12.1. The maximum Gasteiger partial charge on any atom is 0.355 e. The van der Waals surface area contributed by atoms with Crippen LogP contribution in [0.2, 0.25) is 0 Å². The van der Waals surface area contributed by atoms with Gasteiger partial charge in [-0.3, -0.25) is 4.79 Å². The number of carbonyl (C=O) groups is 2. The van der Waals surface area contributed by atoms with Gasteiger partial charge in [0.2, 0.25) is 5.91 Å². The summed E-state index contributed by atoms with van der Waals surface area (Å²) in [6, 6.07) is 7.47. The largest absolute Gasteiger partial charge is 0.476 e. The predicted octanol–water partition coefficient (Wildman–Crippen LogP) is 2.57. The number of hydrogen-bond donors (Lipinski definition) is 2. The number of aromatic carboxylic acids is 1. The minimum Gasteiger partial charge on any atom is -0.476 e. The lowest BCUT2D eigenvalue weighted by Gasteiger charge is -2.13. The number of carbonyl (C=O) groups excluding carboxylic acids is 1. The number of carboxylic acid groups (broad SMARTS) is 1. The Morgan fingerprint density at radius 3 is 2.85 bits per heavy atom. The molecule has 0 saturated carbocycles. The lowest BCUT2D eigenvalue weighted by molar-refractivity contribution is -0.132. The Balaban J connectivity index is 1.89. The highest BCUT2D eigenvalue weighted by molar-refractivity contribution is 7.13. The number of aromatic nitrogens is 1. The van der Waals surface area contributed by atoms with Crippen LogP contribution in [0.3, 0.4) is 0 Å². The molecule has 2 rings (SSSR count). The Bertz CT molecular complexity index is 747. The molecule has 0 radical (unpaired) electrons. The van der Waals surface area contributed by atoms with Crippen LogP contribution in [0, 0.1) is 0 Å². The summed E-state index contributed by atoms with van der Waals surface area (Å²) < 4.78 is 10.6. The summed E-state index contributed by atoms with van der Waals surface area (Å²) in [6.45, 7) is 5.39. The third kappa shape index (κ3) is 5.91. The lowest BCUT2D eigenvalue weighted by atomic mass is 10.1. The molecule has 0 aliphatic carbocycles. The number of carboxylic acids is 1. The first-order valence-electron chi connectivity index (χ1n) is 8.26. The summed E-state index contributed by atoms with van der Waals surface area (Å²) in [5, 5.41) is 13.9. The van der Waals surface area contributed by atoms with Crippen LogP contribution in [0.4, 0.5) is 0 Å². The molecule has 0 aliphatic rings. The molecule has 1 amide bonds. The van der Waals surface area contributed by atoms with E-state index in [1.807, 2.05) is 31.2 Å². The van der Waals surface area contributed by atoms with Crippen LogP contribution < -0.4 is 5.32 Å². The van der Waals surface area contributed by atoms with E-state index in [0.29, 0.717) is 31.4 Å². The molecule has 26 heavy (non-hydrogen) atoms. The topological polar surface area (TPSA) is 97.8 Å². The zero-order valence-corrected chi connectivity index (χ0v) is 15.5. The van der Waals surface area contributed by atoms with Crippen LogP contribution in [0.1, 0.15) is 29.9 Å². The van der Waals surface area contributed by atoms with Crippen molar-refractivity contribution in [2.24, 2.45) is 0 Å². The van der Waals surface area contributed by atoms with Gasteiger partial charge in [0.15, 0.2) is 5.69 Å². The van der Waals surface area contributed by atoms with Crippen molar-refractivity contribution in [3.63, 3.8) is 0 Å². The molecular weight excluding hydrogens is 356 g/mol. The zero-order chi connectivity index (χ0) is 18.9. The van der Waals surface area contributed by atoms with E-state index in [1.54, 1.807) is 6.92 Å². The van der Waals surface area contributed by atoms with Gasteiger partial charge in [-0.05, 0) is 25.5 Å². The quantitative estimate of drug-likeness (QED) is 0.617. The molecule has 8 heteroatoms. The smallest absolute Gasteiger partial charge is 0.355 e. The molecule has 0 fully saturated rings. The van der Waals surface area contributed by atoms with Crippen molar-refractivity contribution in [2.75, 3.05) is 19.8 Å². The molecular formula is C18H22N2O5S. The Morgan fingerprint density at radius 1 is 1.35 bits per heavy atom. The number of amides is 1. The van der Waals surface area contributed by atoms with Crippen LogP contribution in [0.5, 0.6) is 0 Å².